The third kappa shape index (κ3) is 4.22. The number of carbonyl (C=O) groups is 2. The van der Waals surface area contributed by atoms with Crippen molar-refractivity contribution in [2.24, 2.45) is 0 Å². The molecule has 6 heteroatoms. The summed E-state index contributed by atoms with van der Waals surface area (Å²) in [5, 5.41) is 5.77. The second-order valence-corrected chi connectivity index (χ2v) is 6.23. The van der Waals surface area contributed by atoms with Crippen LogP contribution in [-0.2, 0) is 0 Å². The van der Waals surface area contributed by atoms with E-state index < -0.39 is 0 Å². The minimum atomic E-state index is -0.290. The standard InChI is InChI=1S/C19H19N3O2S/c23-17(14-8-2-1-3-9-14)21-19(25)20-16-11-5-4-10-15(16)18(24)22-12-6-7-13-22/h1-5,8-11H,6-7,12-13H2,(H2,20,21,23,25). The molecule has 0 spiro atoms. The first kappa shape index (κ1) is 17.1. The summed E-state index contributed by atoms with van der Waals surface area (Å²) in [4.78, 5) is 26.6. The molecule has 128 valence electrons. The third-order valence-electron chi connectivity index (χ3n) is 4.06. The first-order valence-electron chi connectivity index (χ1n) is 8.21. The van der Waals surface area contributed by atoms with E-state index in [1.54, 1.807) is 36.4 Å². The van der Waals surface area contributed by atoms with Crippen LogP contribution in [0.15, 0.2) is 54.6 Å². The van der Waals surface area contributed by atoms with Gasteiger partial charge in [0.25, 0.3) is 11.8 Å². The summed E-state index contributed by atoms with van der Waals surface area (Å²) in [6.07, 6.45) is 2.07. The van der Waals surface area contributed by atoms with Crippen molar-refractivity contribution in [1.82, 2.24) is 10.2 Å². The number of thiocarbonyl (C=S) groups is 1. The predicted octanol–water partition coefficient (Wildman–Crippen LogP) is 3.05. The van der Waals surface area contributed by atoms with E-state index in [1.165, 1.54) is 0 Å². The third-order valence-corrected chi connectivity index (χ3v) is 4.27. The Kier molecular flexibility index (Phi) is 5.40. The van der Waals surface area contributed by atoms with Gasteiger partial charge >= 0.3 is 0 Å². The summed E-state index contributed by atoms with van der Waals surface area (Å²) in [5.41, 5.74) is 1.67. The highest BCUT2D eigenvalue weighted by Crippen LogP contribution is 2.20. The van der Waals surface area contributed by atoms with E-state index in [9.17, 15) is 9.59 Å². The second kappa shape index (κ2) is 7.90. The van der Waals surface area contributed by atoms with E-state index in [-0.39, 0.29) is 16.9 Å². The Hall–Kier alpha value is -2.73. The van der Waals surface area contributed by atoms with Crippen molar-refractivity contribution in [1.29, 1.82) is 0 Å². The molecule has 0 saturated carbocycles. The smallest absolute Gasteiger partial charge is 0.257 e. The summed E-state index contributed by atoms with van der Waals surface area (Å²) < 4.78 is 0. The minimum Gasteiger partial charge on any atom is -0.339 e. The Morgan fingerprint density at radius 2 is 1.56 bits per heavy atom. The Balaban J connectivity index is 1.69. The van der Waals surface area contributed by atoms with Crippen molar-refractivity contribution in [2.45, 2.75) is 12.8 Å². The zero-order chi connectivity index (χ0) is 17.6. The molecule has 0 bridgehead atoms. The fourth-order valence-electron chi connectivity index (χ4n) is 2.79. The van der Waals surface area contributed by atoms with Gasteiger partial charge in [-0.05, 0) is 49.3 Å². The molecule has 2 N–H and O–H groups in total. The van der Waals surface area contributed by atoms with Crippen molar-refractivity contribution in [2.75, 3.05) is 18.4 Å². The Morgan fingerprint density at radius 3 is 2.28 bits per heavy atom. The molecule has 0 aromatic heterocycles. The number of nitrogens with zero attached hydrogens (tertiary/aromatic N) is 1. The lowest BCUT2D eigenvalue weighted by molar-refractivity contribution is 0.0793. The largest absolute Gasteiger partial charge is 0.339 e. The number of anilines is 1. The number of benzene rings is 2. The van der Waals surface area contributed by atoms with Gasteiger partial charge in [-0.1, -0.05) is 30.3 Å². The molecular weight excluding hydrogens is 334 g/mol. The van der Waals surface area contributed by atoms with Crippen molar-refractivity contribution in [3.05, 3.63) is 65.7 Å². The van der Waals surface area contributed by atoms with Gasteiger partial charge in [0.2, 0.25) is 0 Å². The van der Waals surface area contributed by atoms with Crippen LogP contribution in [0.25, 0.3) is 0 Å². The molecule has 2 amide bonds. The molecule has 0 radical (unpaired) electrons. The molecule has 25 heavy (non-hydrogen) atoms. The zero-order valence-corrected chi connectivity index (χ0v) is 14.5. The average molecular weight is 353 g/mol. The van der Waals surface area contributed by atoms with Gasteiger partial charge in [0.15, 0.2) is 5.11 Å². The maximum atomic E-state index is 12.6. The van der Waals surface area contributed by atoms with Gasteiger partial charge in [-0.25, -0.2) is 0 Å². The van der Waals surface area contributed by atoms with Crippen LogP contribution in [-0.4, -0.2) is 34.9 Å². The molecule has 1 fully saturated rings. The van der Waals surface area contributed by atoms with Crippen molar-refractivity contribution in [3.8, 4) is 0 Å². The van der Waals surface area contributed by atoms with Crippen LogP contribution in [0.1, 0.15) is 33.6 Å². The molecule has 1 saturated heterocycles. The molecule has 2 aromatic rings. The molecule has 0 unspecified atom stereocenters. The number of amides is 2. The number of nitrogens with one attached hydrogen (secondary N) is 2. The second-order valence-electron chi connectivity index (χ2n) is 5.82. The number of carbonyl (C=O) groups excluding carboxylic acids is 2. The highest BCUT2D eigenvalue weighted by atomic mass is 32.1. The number of para-hydroxylation sites is 1. The first-order chi connectivity index (χ1) is 12.1. The zero-order valence-electron chi connectivity index (χ0n) is 13.7. The number of likely N-dealkylation sites (tertiary alicyclic amines) is 1. The van der Waals surface area contributed by atoms with Crippen LogP contribution >= 0.6 is 12.2 Å². The van der Waals surface area contributed by atoms with E-state index in [1.807, 2.05) is 23.1 Å². The van der Waals surface area contributed by atoms with Crippen LogP contribution in [0, 0.1) is 0 Å². The quantitative estimate of drug-likeness (QED) is 0.833. The van der Waals surface area contributed by atoms with Gasteiger partial charge in [0, 0.05) is 18.7 Å². The van der Waals surface area contributed by atoms with E-state index in [4.69, 9.17) is 12.2 Å². The molecule has 1 heterocycles. The van der Waals surface area contributed by atoms with Gasteiger partial charge in [-0.3, -0.25) is 14.9 Å². The number of rotatable bonds is 3. The lowest BCUT2D eigenvalue weighted by Crippen LogP contribution is -2.35. The van der Waals surface area contributed by atoms with E-state index in [0.29, 0.717) is 16.8 Å². The summed E-state index contributed by atoms with van der Waals surface area (Å²) in [5.74, 6) is -0.306. The lowest BCUT2D eigenvalue weighted by Gasteiger charge is -2.18. The normalized spacial score (nSPS) is 13.4. The first-order valence-corrected chi connectivity index (χ1v) is 8.61. The molecule has 1 aliphatic heterocycles. The van der Waals surface area contributed by atoms with Gasteiger partial charge in [0.05, 0.1) is 11.3 Å². The molecule has 1 aliphatic rings. The van der Waals surface area contributed by atoms with Crippen molar-refractivity contribution >= 4 is 34.8 Å². The van der Waals surface area contributed by atoms with Gasteiger partial charge in [0.1, 0.15) is 0 Å². The summed E-state index contributed by atoms with van der Waals surface area (Å²) in [6, 6.07) is 16.0. The number of hydrogen-bond donors (Lipinski definition) is 2. The van der Waals surface area contributed by atoms with Gasteiger partial charge in [-0.15, -0.1) is 0 Å². The molecule has 3 rings (SSSR count). The van der Waals surface area contributed by atoms with Gasteiger partial charge < -0.3 is 10.2 Å². The molecule has 0 aliphatic carbocycles. The maximum Gasteiger partial charge on any atom is 0.257 e. The minimum absolute atomic E-state index is 0.0159. The van der Waals surface area contributed by atoms with Crippen LogP contribution in [0.2, 0.25) is 0 Å². The van der Waals surface area contributed by atoms with Crippen LogP contribution in [0.4, 0.5) is 5.69 Å². The monoisotopic (exact) mass is 353 g/mol. The van der Waals surface area contributed by atoms with Gasteiger partial charge in [-0.2, -0.15) is 0 Å². The van der Waals surface area contributed by atoms with Crippen LogP contribution < -0.4 is 10.6 Å². The van der Waals surface area contributed by atoms with E-state index in [0.717, 1.165) is 25.9 Å². The SMILES string of the molecule is O=C(NC(=S)Nc1ccccc1C(=O)N1CCCC1)c1ccccc1. The molecule has 2 aromatic carbocycles. The number of hydrogen-bond acceptors (Lipinski definition) is 3. The summed E-state index contributed by atoms with van der Waals surface area (Å²) >= 11 is 5.23. The molecule has 0 atom stereocenters. The predicted molar refractivity (Wildman–Crippen MR) is 102 cm³/mol. The highest BCUT2D eigenvalue weighted by Gasteiger charge is 2.22. The fourth-order valence-corrected chi connectivity index (χ4v) is 2.99. The van der Waals surface area contributed by atoms with Crippen LogP contribution in [0.5, 0.6) is 0 Å². The highest BCUT2D eigenvalue weighted by molar-refractivity contribution is 7.80. The van der Waals surface area contributed by atoms with E-state index >= 15 is 0 Å². The van der Waals surface area contributed by atoms with E-state index in [2.05, 4.69) is 10.6 Å². The summed E-state index contributed by atoms with van der Waals surface area (Å²) in [6.45, 7) is 1.56. The maximum absolute atomic E-state index is 12.6. The lowest BCUT2D eigenvalue weighted by atomic mass is 10.1. The van der Waals surface area contributed by atoms with Crippen LogP contribution in [0.3, 0.4) is 0 Å². The topological polar surface area (TPSA) is 61.4 Å². The summed E-state index contributed by atoms with van der Waals surface area (Å²) in [7, 11) is 0. The molecular formula is C19H19N3O2S. The fraction of sp³-hybridized carbons (Fsp3) is 0.211. The van der Waals surface area contributed by atoms with Crippen molar-refractivity contribution < 1.29 is 9.59 Å². The Morgan fingerprint density at radius 1 is 0.920 bits per heavy atom. The molecule has 5 nitrogen and oxygen atoms in total. The Bertz CT molecular complexity index is 786. The Labute approximate surface area is 152 Å². The average Bonchev–Trinajstić information content (AvgIpc) is 3.17. The van der Waals surface area contributed by atoms with Crippen molar-refractivity contribution in [3.63, 3.8) is 0 Å².